The highest BCUT2D eigenvalue weighted by molar-refractivity contribution is 7.92. The second kappa shape index (κ2) is 3.96. The number of phenolic OH excluding ortho intramolecular Hbond substituents is 1. The number of benzene rings is 1. The third-order valence-corrected chi connectivity index (χ3v) is 5.51. The van der Waals surface area contributed by atoms with Crippen molar-refractivity contribution < 1.29 is 22.3 Å². The predicted octanol–water partition coefficient (Wildman–Crippen LogP) is 2.20. The van der Waals surface area contributed by atoms with Crippen LogP contribution in [0.1, 0.15) is 12.8 Å². The molecule has 4 nitrogen and oxygen atoms in total. The molecule has 1 saturated carbocycles. The van der Waals surface area contributed by atoms with Gasteiger partial charge in [0.05, 0.1) is 16.0 Å². The molecule has 0 heterocycles. The van der Waals surface area contributed by atoms with Gasteiger partial charge in [0.2, 0.25) is 0 Å². The predicted molar refractivity (Wildman–Crippen MR) is 62.7 cm³/mol. The Balaban J connectivity index is 2.47. The molecule has 0 unspecified atom stereocenters. The summed E-state index contributed by atoms with van der Waals surface area (Å²) < 4.78 is 49.6. The summed E-state index contributed by atoms with van der Waals surface area (Å²) >= 11 is 5.70. The number of nitrogen functional groups attached to an aromatic ring is 1. The minimum atomic E-state index is -4.10. The van der Waals surface area contributed by atoms with Crippen LogP contribution in [0.25, 0.3) is 0 Å². The topological polar surface area (TPSA) is 80.4 Å². The molecule has 0 aromatic heterocycles. The number of aromatic hydroxyl groups is 1. The molecule has 0 amide bonds. The van der Waals surface area contributed by atoms with Crippen LogP contribution in [0.15, 0.2) is 17.0 Å². The van der Waals surface area contributed by atoms with Crippen LogP contribution in [0, 0.1) is 0 Å². The second-order valence-electron chi connectivity index (χ2n) is 4.25. The first kappa shape index (κ1) is 13.4. The summed E-state index contributed by atoms with van der Waals surface area (Å²) in [6.45, 7) is 0. The number of halogens is 3. The zero-order chi connectivity index (χ0) is 13.7. The largest absolute Gasteiger partial charge is 0.504 e. The van der Waals surface area contributed by atoms with Gasteiger partial charge in [0.15, 0.2) is 15.6 Å². The van der Waals surface area contributed by atoms with Gasteiger partial charge in [0.25, 0.3) is 5.92 Å². The first-order chi connectivity index (χ1) is 8.15. The molecule has 18 heavy (non-hydrogen) atoms. The van der Waals surface area contributed by atoms with E-state index in [9.17, 15) is 22.3 Å². The minimum absolute atomic E-state index is 0.163. The Bertz CT molecular complexity index is 595. The molecule has 8 heteroatoms. The van der Waals surface area contributed by atoms with Crippen molar-refractivity contribution in [1.29, 1.82) is 0 Å². The maximum atomic E-state index is 12.7. The van der Waals surface area contributed by atoms with E-state index in [1.807, 2.05) is 0 Å². The van der Waals surface area contributed by atoms with Crippen molar-refractivity contribution in [3.05, 3.63) is 17.2 Å². The highest BCUT2D eigenvalue weighted by Gasteiger charge is 2.52. The van der Waals surface area contributed by atoms with Gasteiger partial charge in [-0.25, -0.2) is 17.2 Å². The highest BCUT2D eigenvalue weighted by Crippen LogP contribution is 2.47. The Morgan fingerprint density at radius 2 is 1.94 bits per heavy atom. The van der Waals surface area contributed by atoms with Crippen molar-refractivity contribution in [3.8, 4) is 5.75 Å². The smallest absolute Gasteiger partial charge is 0.250 e. The summed E-state index contributed by atoms with van der Waals surface area (Å²) in [4.78, 5) is -0.565. The van der Waals surface area contributed by atoms with E-state index >= 15 is 0 Å². The van der Waals surface area contributed by atoms with Crippen LogP contribution in [0.4, 0.5) is 14.5 Å². The molecule has 1 aromatic carbocycles. The lowest BCUT2D eigenvalue weighted by Gasteiger charge is -2.34. The maximum Gasteiger partial charge on any atom is 0.250 e. The Morgan fingerprint density at radius 3 is 2.44 bits per heavy atom. The van der Waals surface area contributed by atoms with Crippen molar-refractivity contribution in [3.63, 3.8) is 0 Å². The number of rotatable bonds is 2. The Labute approximate surface area is 107 Å². The molecule has 3 N–H and O–H groups in total. The minimum Gasteiger partial charge on any atom is -0.504 e. The van der Waals surface area contributed by atoms with Gasteiger partial charge in [-0.1, -0.05) is 11.6 Å². The van der Waals surface area contributed by atoms with Crippen LogP contribution in [0.2, 0.25) is 5.02 Å². The van der Waals surface area contributed by atoms with Crippen molar-refractivity contribution in [1.82, 2.24) is 0 Å². The normalized spacial score (nSPS) is 19.5. The molecule has 1 aliphatic carbocycles. The van der Waals surface area contributed by atoms with Gasteiger partial charge in [0.1, 0.15) is 4.90 Å². The van der Waals surface area contributed by atoms with Crippen molar-refractivity contribution >= 4 is 27.1 Å². The van der Waals surface area contributed by atoms with Crippen LogP contribution >= 0.6 is 11.6 Å². The van der Waals surface area contributed by atoms with E-state index in [1.165, 1.54) is 12.1 Å². The third-order valence-electron chi connectivity index (χ3n) is 2.89. The van der Waals surface area contributed by atoms with Gasteiger partial charge >= 0.3 is 0 Å². The van der Waals surface area contributed by atoms with Gasteiger partial charge in [-0.2, -0.15) is 0 Å². The molecule has 1 fully saturated rings. The third kappa shape index (κ3) is 2.01. The van der Waals surface area contributed by atoms with E-state index < -0.39 is 44.5 Å². The second-order valence-corrected chi connectivity index (χ2v) is 6.82. The molecule has 0 bridgehead atoms. The lowest BCUT2D eigenvalue weighted by atomic mass is 9.94. The summed E-state index contributed by atoms with van der Waals surface area (Å²) in [7, 11) is -4.10. The van der Waals surface area contributed by atoms with E-state index in [1.54, 1.807) is 0 Å². The standard InChI is InChI=1S/C10H10ClF2NO3S/c11-6-1-2-7(14)8(15)9(6)18(16,17)5-3-10(12,13)4-5/h1-2,5,15H,3-4,14H2. The van der Waals surface area contributed by atoms with Gasteiger partial charge in [-0.3, -0.25) is 0 Å². The van der Waals surface area contributed by atoms with Gasteiger partial charge in [0, 0.05) is 12.8 Å². The van der Waals surface area contributed by atoms with Gasteiger partial charge < -0.3 is 10.8 Å². The van der Waals surface area contributed by atoms with Crippen LogP contribution in [0.3, 0.4) is 0 Å². The van der Waals surface area contributed by atoms with E-state index in [4.69, 9.17) is 17.3 Å². The Hall–Kier alpha value is -1.08. The molecule has 0 spiro atoms. The fraction of sp³-hybridized carbons (Fsp3) is 0.400. The number of hydrogen-bond donors (Lipinski definition) is 2. The molecule has 0 aliphatic heterocycles. The highest BCUT2D eigenvalue weighted by atomic mass is 35.5. The van der Waals surface area contributed by atoms with Crippen molar-refractivity contribution in [2.75, 3.05) is 5.73 Å². The summed E-state index contributed by atoms with van der Waals surface area (Å²) in [5, 5.41) is 8.17. The first-order valence-electron chi connectivity index (χ1n) is 5.04. The summed E-state index contributed by atoms with van der Waals surface area (Å²) in [6, 6.07) is 2.45. The number of sulfone groups is 1. The van der Waals surface area contributed by atoms with Crippen molar-refractivity contribution in [2.24, 2.45) is 0 Å². The zero-order valence-electron chi connectivity index (χ0n) is 9.03. The average Bonchev–Trinajstić information content (AvgIpc) is 2.20. The van der Waals surface area contributed by atoms with E-state index in [0.29, 0.717) is 0 Å². The molecule has 2 rings (SSSR count). The fourth-order valence-corrected chi connectivity index (χ4v) is 4.29. The van der Waals surface area contributed by atoms with Crippen LogP contribution < -0.4 is 5.73 Å². The SMILES string of the molecule is Nc1ccc(Cl)c(S(=O)(=O)C2CC(F)(F)C2)c1O. The number of hydrogen-bond acceptors (Lipinski definition) is 4. The first-order valence-corrected chi connectivity index (χ1v) is 6.96. The molecular weight excluding hydrogens is 288 g/mol. The lowest BCUT2D eigenvalue weighted by molar-refractivity contribution is -0.0686. The van der Waals surface area contributed by atoms with Crippen LogP contribution in [-0.2, 0) is 9.84 Å². The molecule has 1 aliphatic rings. The van der Waals surface area contributed by atoms with Crippen LogP contribution in [0.5, 0.6) is 5.75 Å². The number of anilines is 1. The average molecular weight is 298 g/mol. The number of phenols is 1. The van der Waals surface area contributed by atoms with E-state index in [2.05, 4.69) is 0 Å². The fourth-order valence-electron chi connectivity index (χ4n) is 1.82. The quantitative estimate of drug-likeness (QED) is 0.648. The molecule has 0 saturated heterocycles. The molecule has 0 radical (unpaired) electrons. The number of alkyl halides is 2. The molecule has 1 aromatic rings. The summed E-state index contributed by atoms with van der Waals surface area (Å²) in [5.41, 5.74) is 5.21. The number of nitrogens with two attached hydrogens (primary N) is 1. The summed E-state index contributed by atoms with van der Waals surface area (Å²) in [6.07, 6.45) is -1.53. The maximum absolute atomic E-state index is 12.7. The van der Waals surface area contributed by atoms with E-state index in [0.717, 1.165) is 0 Å². The molecule has 100 valence electrons. The monoisotopic (exact) mass is 297 g/mol. The summed E-state index contributed by atoms with van der Waals surface area (Å²) in [5.74, 6) is -3.65. The Morgan fingerprint density at radius 1 is 1.39 bits per heavy atom. The molecule has 0 atom stereocenters. The van der Waals surface area contributed by atoms with Gasteiger partial charge in [-0.15, -0.1) is 0 Å². The molecular formula is C10H10ClF2NO3S. The lowest BCUT2D eigenvalue weighted by Crippen LogP contribution is -2.44. The van der Waals surface area contributed by atoms with Crippen LogP contribution in [-0.4, -0.2) is 24.7 Å². The zero-order valence-corrected chi connectivity index (χ0v) is 10.6. The Kier molecular flexibility index (Phi) is 2.94. The van der Waals surface area contributed by atoms with Gasteiger partial charge in [-0.05, 0) is 12.1 Å². The van der Waals surface area contributed by atoms with Crippen molar-refractivity contribution in [2.45, 2.75) is 28.9 Å². The van der Waals surface area contributed by atoms with E-state index in [-0.39, 0.29) is 10.7 Å².